The Hall–Kier alpha value is -2.97. The summed E-state index contributed by atoms with van der Waals surface area (Å²) in [6.07, 6.45) is 4.08. The lowest BCUT2D eigenvalue weighted by atomic mass is 9.87. The molecular weight excluding hydrogens is 336 g/mol. The molecule has 2 aliphatic rings. The van der Waals surface area contributed by atoms with Gasteiger partial charge in [-0.3, -0.25) is 14.9 Å². The van der Waals surface area contributed by atoms with Gasteiger partial charge in [0.15, 0.2) is 5.65 Å². The maximum Gasteiger partial charge on any atom is 0.322 e. The van der Waals surface area contributed by atoms with Crippen molar-refractivity contribution in [2.45, 2.75) is 38.3 Å². The van der Waals surface area contributed by atoms with Gasteiger partial charge in [-0.05, 0) is 32.8 Å². The van der Waals surface area contributed by atoms with Crippen LogP contribution in [0.2, 0.25) is 0 Å². The van der Waals surface area contributed by atoms with Crippen molar-refractivity contribution in [2.24, 2.45) is 0 Å². The number of urea groups is 1. The number of nitrogens with one attached hydrogen (secondary N) is 2. The number of aromatic nitrogens is 3. The number of likely N-dealkylation sites (tertiary alicyclic amines) is 1. The SMILES string of the molecule is CC(C)n1ncc2cc(C(=O)N3CCC4(CC3)NC(=O)NC4=O)cnc21. The molecule has 4 rings (SSSR count). The van der Waals surface area contributed by atoms with Gasteiger partial charge in [0.05, 0.1) is 11.8 Å². The number of pyridine rings is 1. The average Bonchev–Trinajstić information content (AvgIpc) is 3.15. The second kappa shape index (κ2) is 5.79. The highest BCUT2D eigenvalue weighted by atomic mass is 16.2. The maximum atomic E-state index is 12.8. The van der Waals surface area contributed by atoms with Crippen LogP contribution in [0.1, 0.15) is 43.1 Å². The highest BCUT2D eigenvalue weighted by Gasteiger charge is 2.48. The summed E-state index contributed by atoms with van der Waals surface area (Å²) in [7, 11) is 0. The van der Waals surface area contributed by atoms with Crippen LogP contribution in [0.25, 0.3) is 11.0 Å². The third kappa shape index (κ3) is 2.51. The first-order chi connectivity index (χ1) is 12.4. The van der Waals surface area contributed by atoms with Crippen LogP contribution in [-0.2, 0) is 4.79 Å². The number of piperidine rings is 1. The Kier molecular flexibility index (Phi) is 3.67. The predicted octanol–water partition coefficient (Wildman–Crippen LogP) is 0.826. The van der Waals surface area contributed by atoms with E-state index in [1.54, 1.807) is 23.4 Å². The number of fused-ring (bicyclic) bond motifs is 1. The highest BCUT2D eigenvalue weighted by Crippen LogP contribution is 2.27. The number of carbonyl (C=O) groups excluding carboxylic acids is 3. The summed E-state index contributed by atoms with van der Waals surface area (Å²) in [6, 6.07) is 1.52. The van der Waals surface area contributed by atoms with E-state index in [0.717, 1.165) is 11.0 Å². The first kappa shape index (κ1) is 16.5. The second-order valence-electron chi connectivity index (χ2n) is 7.10. The van der Waals surface area contributed by atoms with E-state index in [4.69, 9.17) is 0 Å². The van der Waals surface area contributed by atoms with Crippen molar-refractivity contribution in [2.75, 3.05) is 13.1 Å². The fourth-order valence-electron chi connectivity index (χ4n) is 3.59. The van der Waals surface area contributed by atoms with Crippen molar-refractivity contribution in [3.63, 3.8) is 0 Å². The van der Waals surface area contributed by atoms with Crippen LogP contribution in [0.4, 0.5) is 4.79 Å². The zero-order valence-electron chi connectivity index (χ0n) is 14.7. The van der Waals surface area contributed by atoms with Gasteiger partial charge in [-0.1, -0.05) is 0 Å². The molecule has 0 aliphatic carbocycles. The zero-order chi connectivity index (χ0) is 18.5. The Labute approximate surface area is 149 Å². The van der Waals surface area contributed by atoms with Gasteiger partial charge in [-0.25, -0.2) is 14.5 Å². The Morgan fingerprint density at radius 1 is 1.23 bits per heavy atom. The lowest BCUT2D eigenvalue weighted by Gasteiger charge is -2.36. The van der Waals surface area contributed by atoms with Crippen molar-refractivity contribution < 1.29 is 14.4 Å². The molecule has 0 aromatic carbocycles. The first-order valence-electron chi connectivity index (χ1n) is 8.66. The standard InChI is InChI=1S/C17H20N6O3/c1-10(2)23-13-11(9-19-23)7-12(8-18-13)14(24)22-5-3-17(4-6-22)15(25)20-16(26)21-17/h7-10H,3-6H2,1-2H3,(H2,20,21,25,26). The third-order valence-electron chi connectivity index (χ3n) is 5.09. The number of nitrogens with zero attached hydrogens (tertiary/aromatic N) is 4. The van der Waals surface area contributed by atoms with Gasteiger partial charge in [0.1, 0.15) is 5.54 Å². The highest BCUT2D eigenvalue weighted by molar-refractivity contribution is 6.07. The largest absolute Gasteiger partial charge is 0.338 e. The summed E-state index contributed by atoms with van der Waals surface area (Å²) in [5, 5.41) is 10.1. The number of hydrogen-bond donors (Lipinski definition) is 2. The van der Waals surface area contributed by atoms with Crippen LogP contribution in [0.5, 0.6) is 0 Å². The molecule has 2 aliphatic heterocycles. The molecule has 2 aromatic heterocycles. The molecule has 9 heteroatoms. The van der Waals surface area contributed by atoms with Gasteiger partial charge in [0.2, 0.25) is 0 Å². The van der Waals surface area contributed by atoms with E-state index >= 15 is 0 Å². The molecule has 136 valence electrons. The Bertz CT molecular complexity index is 910. The van der Waals surface area contributed by atoms with Crippen molar-refractivity contribution in [1.82, 2.24) is 30.3 Å². The Balaban J connectivity index is 1.51. The smallest absolute Gasteiger partial charge is 0.322 e. The molecule has 0 unspecified atom stereocenters. The van der Waals surface area contributed by atoms with E-state index in [9.17, 15) is 14.4 Å². The summed E-state index contributed by atoms with van der Waals surface area (Å²) in [5.41, 5.74) is 0.366. The second-order valence-corrected chi connectivity index (χ2v) is 7.10. The first-order valence-corrected chi connectivity index (χ1v) is 8.66. The molecule has 26 heavy (non-hydrogen) atoms. The zero-order valence-corrected chi connectivity index (χ0v) is 14.7. The molecule has 4 heterocycles. The van der Waals surface area contributed by atoms with Gasteiger partial charge < -0.3 is 10.2 Å². The molecule has 2 N–H and O–H groups in total. The lowest BCUT2D eigenvalue weighted by molar-refractivity contribution is -0.125. The molecule has 1 spiro atoms. The van der Waals surface area contributed by atoms with Crippen molar-refractivity contribution >= 4 is 28.9 Å². The van der Waals surface area contributed by atoms with E-state index in [0.29, 0.717) is 31.5 Å². The molecule has 9 nitrogen and oxygen atoms in total. The van der Waals surface area contributed by atoms with E-state index in [1.807, 2.05) is 18.5 Å². The van der Waals surface area contributed by atoms with Crippen LogP contribution in [0.3, 0.4) is 0 Å². The normalized spacial score (nSPS) is 19.3. The third-order valence-corrected chi connectivity index (χ3v) is 5.09. The summed E-state index contributed by atoms with van der Waals surface area (Å²) in [5.74, 6) is -0.435. The number of carbonyl (C=O) groups is 3. The predicted molar refractivity (Wildman–Crippen MR) is 92.5 cm³/mol. The van der Waals surface area contributed by atoms with Gasteiger partial charge in [-0.15, -0.1) is 0 Å². The molecule has 2 saturated heterocycles. The van der Waals surface area contributed by atoms with E-state index in [-0.39, 0.29) is 17.9 Å². The van der Waals surface area contributed by atoms with Crippen molar-refractivity contribution in [3.8, 4) is 0 Å². The summed E-state index contributed by atoms with van der Waals surface area (Å²) >= 11 is 0. The summed E-state index contributed by atoms with van der Waals surface area (Å²) in [4.78, 5) is 42.3. The fourth-order valence-corrected chi connectivity index (χ4v) is 3.59. The van der Waals surface area contributed by atoms with Crippen LogP contribution in [-0.4, -0.2) is 56.1 Å². The van der Waals surface area contributed by atoms with E-state index in [1.165, 1.54) is 0 Å². The monoisotopic (exact) mass is 356 g/mol. The van der Waals surface area contributed by atoms with E-state index < -0.39 is 11.6 Å². The Morgan fingerprint density at radius 3 is 2.58 bits per heavy atom. The quantitative estimate of drug-likeness (QED) is 0.775. The average molecular weight is 356 g/mol. The minimum absolute atomic E-state index is 0.128. The number of imide groups is 1. The molecule has 0 radical (unpaired) electrons. The molecule has 2 aromatic rings. The van der Waals surface area contributed by atoms with Gasteiger partial charge in [-0.2, -0.15) is 5.10 Å². The molecule has 0 bridgehead atoms. The fraction of sp³-hybridized carbons (Fsp3) is 0.471. The minimum Gasteiger partial charge on any atom is -0.338 e. The van der Waals surface area contributed by atoms with Crippen LogP contribution in [0, 0.1) is 0 Å². The van der Waals surface area contributed by atoms with Gasteiger partial charge in [0, 0.05) is 30.7 Å². The van der Waals surface area contributed by atoms with Crippen molar-refractivity contribution in [3.05, 3.63) is 24.0 Å². The molecule has 4 amide bonds. The number of amides is 4. The minimum atomic E-state index is -0.880. The summed E-state index contributed by atoms with van der Waals surface area (Å²) < 4.78 is 1.82. The Morgan fingerprint density at radius 2 is 1.96 bits per heavy atom. The van der Waals surface area contributed by atoms with Gasteiger partial charge in [0.25, 0.3) is 11.8 Å². The van der Waals surface area contributed by atoms with Gasteiger partial charge >= 0.3 is 6.03 Å². The van der Waals surface area contributed by atoms with E-state index in [2.05, 4.69) is 20.7 Å². The molecule has 2 fully saturated rings. The topological polar surface area (TPSA) is 109 Å². The van der Waals surface area contributed by atoms with Crippen LogP contribution >= 0.6 is 0 Å². The van der Waals surface area contributed by atoms with Crippen molar-refractivity contribution in [1.29, 1.82) is 0 Å². The molecule has 0 saturated carbocycles. The van der Waals surface area contributed by atoms with Crippen LogP contribution in [0.15, 0.2) is 18.5 Å². The molecular formula is C17H20N6O3. The lowest BCUT2D eigenvalue weighted by Crippen LogP contribution is -2.55. The van der Waals surface area contributed by atoms with Crippen LogP contribution < -0.4 is 10.6 Å². The maximum absolute atomic E-state index is 12.8. The summed E-state index contributed by atoms with van der Waals surface area (Å²) in [6.45, 7) is 4.84. The molecule has 0 atom stereocenters. The number of hydrogen-bond acceptors (Lipinski definition) is 5. The number of rotatable bonds is 2.